The van der Waals surface area contributed by atoms with Crippen LogP contribution in [-0.4, -0.2) is 43.4 Å². The third-order valence-electron chi connectivity index (χ3n) is 2.62. The fraction of sp³-hybridized carbons (Fsp3) is 0.500. The van der Waals surface area contributed by atoms with Gasteiger partial charge >= 0.3 is 0 Å². The van der Waals surface area contributed by atoms with Crippen LogP contribution < -0.4 is 5.32 Å². The first kappa shape index (κ1) is 16.5. The molecule has 0 saturated carbocycles. The van der Waals surface area contributed by atoms with Gasteiger partial charge in [-0.1, -0.05) is 19.1 Å². The number of rotatable bonds is 8. The number of aliphatic hydroxyl groups is 1. The summed E-state index contributed by atoms with van der Waals surface area (Å²) < 4.78 is 24.2. The van der Waals surface area contributed by atoms with Crippen LogP contribution in [0.25, 0.3) is 0 Å². The molecule has 1 unspecified atom stereocenters. The van der Waals surface area contributed by atoms with Gasteiger partial charge in [0.05, 0.1) is 16.8 Å². The van der Waals surface area contributed by atoms with Crippen LogP contribution in [-0.2, 0) is 9.84 Å². The van der Waals surface area contributed by atoms with Crippen LogP contribution in [0.4, 0.5) is 5.69 Å². The van der Waals surface area contributed by atoms with Crippen molar-refractivity contribution in [2.24, 2.45) is 0 Å². The van der Waals surface area contributed by atoms with E-state index in [-0.39, 0.29) is 11.4 Å². The van der Waals surface area contributed by atoms with E-state index in [1.807, 2.05) is 6.92 Å². The smallest absolute Gasteiger partial charge is 0.287 e. The number of hydrogen-bond donors (Lipinski definition) is 2. The normalized spacial score (nSPS) is 13.1. The van der Waals surface area contributed by atoms with Gasteiger partial charge in [-0.15, -0.1) is 0 Å². The van der Waals surface area contributed by atoms with Gasteiger partial charge < -0.3 is 10.4 Å². The van der Waals surface area contributed by atoms with E-state index in [1.54, 1.807) is 0 Å². The number of nitrogens with zero attached hydrogens (tertiary/aromatic N) is 1. The second kappa shape index (κ2) is 7.32. The summed E-state index contributed by atoms with van der Waals surface area (Å²) >= 11 is 0. The van der Waals surface area contributed by atoms with Crippen molar-refractivity contribution in [3.05, 3.63) is 34.4 Å². The Balaban J connectivity index is 2.86. The van der Waals surface area contributed by atoms with E-state index < -0.39 is 32.3 Å². The molecule has 1 rings (SSSR count). The molecule has 0 aliphatic heterocycles. The quantitative estimate of drug-likeness (QED) is 0.416. The van der Waals surface area contributed by atoms with Crippen molar-refractivity contribution in [3.63, 3.8) is 0 Å². The lowest BCUT2D eigenvalue weighted by molar-refractivity contribution is -0.387. The van der Waals surface area contributed by atoms with E-state index in [4.69, 9.17) is 0 Å². The molecule has 0 radical (unpaired) electrons. The Morgan fingerprint density at radius 3 is 2.65 bits per heavy atom. The molecule has 1 atom stereocenters. The molecule has 0 bridgehead atoms. The number of nitro benzene ring substituents is 1. The summed E-state index contributed by atoms with van der Waals surface area (Å²) in [5.74, 6) is -0.547. The van der Waals surface area contributed by atoms with E-state index in [0.717, 1.165) is 12.5 Å². The number of nitrogens with one attached hydrogen (secondary N) is 1. The lowest BCUT2D eigenvalue weighted by atomic mass is 10.3. The first-order valence-electron chi connectivity index (χ1n) is 6.23. The maximum absolute atomic E-state index is 12.1. The van der Waals surface area contributed by atoms with Gasteiger partial charge in [0, 0.05) is 12.6 Å². The third-order valence-corrected chi connectivity index (χ3v) is 4.45. The zero-order valence-electron chi connectivity index (χ0n) is 11.2. The zero-order valence-corrected chi connectivity index (χ0v) is 12.0. The second-order valence-electron chi connectivity index (χ2n) is 4.36. The topological polar surface area (TPSA) is 110 Å². The molecular weight excluding hydrogens is 284 g/mol. The van der Waals surface area contributed by atoms with Crippen molar-refractivity contribution in [1.82, 2.24) is 5.32 Å². The van der Waals surface area contributed by atoms with Crippen LogP contribution >= 0.6 is 0 Å². The highest BCUT2D eigenvalue weighted by atomic mass is 32.2. The van der Waals surface area contributed by atoms with Crippen molar-refractivity contribution in [3.8, 4) is 0 Å². The molecule has 0 fully saturated rings. The summed E-state index contributed by atoms with van der Waals surface area (Å²) in [6, 6.07) is 5.13. The summed E-state index contributed by atoms with van der Waals surface area (Å²) in [5, 5.41) is 23.4. The van der Waals surface area contributed by atoms with Crippen LogP contribution in [0.1, 0.15) is 13.3 Å². The van der Waals surface area contributed by atoms with Crippen LogP contribution in [0.15, 0.2) is 29.2 Å². The number of para-hydroxylation sites is 1. The van der Waals surface area contributed by atoms with Gasteiger partial charge in [-0.2, -0.15) is 0 Å². The SMILES string of the molecule is CCCNCC(O)CS(=O)(=O)c1ccccc1[N+](=O)[O-]. The number of aliphatic hydroxyl groups excluding tert-OH is 1. The minimum atomic E-state index is -3.90. The molecule has 0 aromatic heterocycles. The van der Waals surface area contributed by atoms with Crippen molar-refractivity contribution in [1.29, 1.82) is 0 Å². The molecule has 20 heavy (non-hydrogen) atoms. The van der Waals surface area contributed by atoms with E-state index >= 15 is 0 Å². The molecule has 0 aliphatic carbocycles. The molecule has 0 saturated heterocycles. The van der Waals surface area contributed by atoms with Crippen LogP contribution in [0.3, 0.4) is 0 Å². The molecule has 8 heteroatoms. The van der Waals surface area contributed by atoms with Crippen molar-refractivity contribution >= 4 is 15.5 Å². The summed E-state index contributed by atoms with van der Waals surface area (Å²) in [6.45, 7) is 2.75. The molecule has 112 valence electrons. The molecular formula is C12H18N2O5S. The van der Waals surface area contributed by atoms with Crippen LogP contribution in [0.5, 0.6) is 0 Å². The largest absolute Gasteiger partial charge is 0.391 e. The van der Waals surface area contributed by atoms with Gasteiger partial charge in [-0.3, -0.25) is 10.1 Å². The van der Waals surface area contributed by atoms with Gasteiger partial charge in [0.15, 0.2) is 9.84 Å². The Hall–Kier alpha value is -1.51. The van der Waals surface area contributed by atoms with E-state index in [0.29, 0.717) is 6.54 Å². The lowest BCUT2D eigenvalue weighted by Crippen LogP contribution is -2.33. The van der Waals surface area contributed by atoms with Crippen molar-refractivity contribution in [2.45, 2.75) is 24.3 Å². The zero-order chi connectivity index (χ0) is 15.2. The molecule has 7 nitrogen and oxygen atoms in total. The van der Waals surface area contributed by atoms with Crippen LogP contribution in [0, 0.1) is 10.1 Å². The highest BCUT2D eigenvalue weighted by Crippen LogP contribution is 2.24. The summed E-state index contributed by atoms with van der Waals surface area (Å²) in [5.41, 5.74) is -0.471. The highest BCUT2D eigenvalue weighted by molar-refractivity contribution is 7.91. The average Bonchev–Trinajstić information content (AvgIpc) is 2.38. The molecule has 0 amide bonds. The Kier molecular flexibility index (Phi) is 6.05. The molecule has 1 aromatic carbocycles. The van der Waals surface area contributed by atoms with Gasteiger partial charge in [0.1, 0.15) is 4.90 Å². The highest BCUT2D eigenvalue weighted by Gasteiger charge is 2.27. The van der Waals surface area contributed by atoms with E-state index in [9.17, 15) is 23.6 Å². The maximum Gasteiger partial charge on any atom is 0.287 e. The number of nitro groups is 1. The third kappa shape index (κ3) is 4.55. The fourth-order valence-electron chi connectivity index (χ4n) is 1.72. The van der Waals surface area contributed by atoms with Crippen molar-refractivity contribution in [2.75, 3.05) is 18.8 Å². The molecule has 0 spiro atoms. The Morgan fingerprint density at radius 2 is 2.05 bits per heavy atom. The summed E-state index contributed by atoms with van der Waals surface area (Å²) in [7, 11) is -3.90. The lowest BCUT2D eigenvalue weighted by Gasteiger charge is -2.12. The predicted octanol–water partition coefficient (Wildman–Crippen LogP) is 0.729. The minimum Gasteiger partial charge on any atom is -0.391 e. The summed E-state index contributed by atoms with van der Waals surface area (Å²) in [4.78, 5) is 9.73. The Bertz CT molecular complexity index is 559. The standard InChI is InChI=1S/C12H18N2O5S/c1-2-7-13-8-10(15)9-20(18,19)12-6-4-3-5-11(12)14(16)17/h3-6,10,13,15H,2,7-9H2,1H3. The molecule has 0 heterocycles. The van der Waals surface area contributed by atoms with Gasteiger partial charge in [-0.05, 0) is 19.0 Å². The minimum absolute atomic E-state index is 0.133. The second-order valence-corrected chi connectivity index (χ2v) is 6.37. The predicted molar refractivity (Wildman–Crippen MR) is 74.3 cm³/mol. The number of hydrogen-bond acceptors (Lipinski definition) is 6. The summed E-state index contributed by atoms with van der Waals surface area (Å²) in [6.07, 6.45) is -0.241. The van der Waals surface area contributed by atoms with Gasteiger partial charge in [0.2, 0.25) is 0 Å². The van der Waals surface area contributed by atoms with Crippen LogP contribution in [0.2, 0.25) is 0 Å². The Labute approximate surface area is 117 Å². The monoisotopic (exact) mass is 302 g/mol. The first-order chi connectivity index (χ1) is 9.38. The number of benzene rings is 1. The maximum atomic E-state index is 12.1. The Morgan fingerprint density at radius 1 is 1.40 bits per heavy atom. The molecule has 2 N–H and O–H groups in total. The first-order valence-corrected chi connectivity index (χ1v) is 7.88. The number of sulfone groups is 1. The average molecular weight is 302 g/mol. The molecule has 1 aromatic rings. The molecule has 0 aliphatic rings. The fourth-order valence-corrected chi connectivity index (χ4v) is 3.27. The van der Waals surface area contributed by atoms with E-state index in [1.165, 1.54) is 18.2 Å². The van der Waals surface area contributed by atoms with Crippen molar-refractivity contribution < 1.29 is 18.4 Å². The van der Waals surface area contributed by atoms with E-state index in [2.05, 4.69) is 5.32 Å². The van der Waals surface area contributed by atoms with Gasteiger partial charge in [0.25, 0.3) is 5.69 Å². The van der Waals surface area contributed by atoms with Gasteiger partial charge in [-0.25, -0.2) is 8.42 Å².